The number of carbonyl (C=O) groups is 2. The highest BCUT2D eigenvalue weighted by molar-refractivity contribution is 5.89. The minimum Gasteiger partial charge on any atom is -0.392 e. The first-order chi connectivity index (χ1) is 7.27. The van der Waals surface area contributed by atoms with Crippen LogP contribution in [0, 0.1) is 11.8 Å². The van der Waals surface area contributed by atoms with E-state index in [0.717, 1.165) is 25.7 Å². The van der Waals surface area contributed by atoms with Gasteiger partial charge in [0.25, 0.3) is 0 Å². The Kier molecular flexibility index (Phi) is 2.99. The molecular weight excluding hydrogens is 192 g/mol. The average Bonchev–Trinajstić information content (AvgIpc) is 2.91. The Labute approximate surface area is 88.8 Å². The van der Waals surface area contributed by atoms with E-state index in [1.54, 1.807) is 0 Å². The van der Waals surface area contributed by atoms with Gasteiger partial charge in [0.2, 0.25) is 0 Å². The third-order valence-electron chi connectivity index (χ3n) is 2.83. The number of ether oxygens (including phenoxy) is 1. The molecule has 0 saturated carbocycles. The van der Waals surface area contributed by atoms with Crippen LogP contribution in [-0.4, -0.2) is 11.9 Å². The Morgan fingerprint density at radius 1 is 0.933 bits per heavy atom. The van der Waals surface area contributed by atoms with Crippen LogP contribution in [0.4, 0.5) is 0 Å². The Morgan fingerprint density at radius 2 is 1.40 bits per heavy atom. The Balaban J connectivity index is 1.85. The molecule has 15 heavy (non-hydrogen) atoms. The van der Waals surface area contributed by atoms with Gasteiger partial charge in [-0.1, -0.05) is 24.3 Å². The zero-order valence-corrected chi connectivity index (χ0v) is 8.52. The maximum Gasteiger partial charge on any atom is 0.320 e. The Bertz CT molecular complexity index is 296. The summed E-state index contributed by atoms with van der Waals surface area (Å²) < 4.78 is 4.84. The molecule has 0 radical (unpaired) electrons. The van der Waals surface area contributed by atoms with Crippen molar-refractivity contribution in [3.8, 4) is 0 Å². The monoisotopic (exact) mass is 206 g/mol. The molecule has 3 nitrogen and oxygen atoms in total. The van der Waals surface area contributed by atoms with Crippen molar-refractivity contribution >= 4 is 11.9 Å². The zero-order chi connectivity index (χ0) is 10.7. The van der Waals surface area contributed by atoms with Gasteiger partial charge in [0, 0.05) is 0 Å². The molecule has 2 atom stereocenters. The first kappa shape index (κ1) is 10.1. The summed E-state index contributed by atoms with van der Waals surface area (Å²) in [7, 11) is 0. The summed E-state index contributed by atoms with van der Waals surface area (Å²) >= 11 is 0. The van der Waals surface area contributed by atoms with Crippen molar-refractivity contribution in [2.45, 2.75) is 25.7 Å². The molecule has 0 spiro atoms. The van der Waals surface area contributed by atoms with Gasteiger partial charge in [0.05, 0.1) is 11.8 Å². The maximum atomic E-state index is 11.5. The third kappa shape index (κ3) is 2.35. The van der Waals surface area contributed by atoms with Crippen LogP contribution in [0.3, 0.4) is 0 Å². The summed E-state index contributed by atoms with van der Waals surface area (Å²) in [6.45, 7) is 0. The van der Waals surface area contributed by atoms with Gasteiger partial charge >= 0.3 is 11.9 Å². The molecule has 0 N–H and O–H groups in total. The molecule has 80 valence electrons. The van der Waals surface area contributed by atoms with E-state index in [4.69, 9.17) is 4.74 Å². The number of rotatable bonds is 2. The van der Waals surface area contributed by atoms with Gasteiger partial charge in [-0.3, -0.25) is 9.59 Å². The van der Waals surface area contributed by atoms with E-state index in [9.17, 15) is 9.59 Å². The molecule has 2 unspecified atom stereocenters. The second kappa shape index (κ2) is 4.43. The Hall–Kier alpha value is -1.38. The molecule has 2 rings (SSSR count). The van der Waals surface area contributed by atoms with Crippen LogP contribution in [0.2, 0.25) is 0 Å². The summed E-state index contributed by atoms with van der Waals surface area (Å²) in [6, 6.07) is 0. The molecule has 3 heteroatoms. The number of carbonyl (C=O) groups excluding carboxylic acids is 2. The topological polar surface area (TPSA) is 43.4 Å². The van der Waals surface area contributed by atoms with Gasteiger partial charge in [-0.25, -0.2) is 0 Å². The van der Waals surface area contributed by atoms with Gasteiger partial charge in [0.1, 0.15) is 0 Å². The molecule has 0 heterocycles. The lowest BCUT2D eigenvalue weighted by Gasteiger charge is -2.09. The summed E-state index contributed by atoms with van der Waals surface area (Å²) in [4.78, 5) is 23.0. The van der Waals surface area contributed by atoms with Gasteiger partial charge in [-0.05, 0) is 25.7 Å². The van der Waals surface area contributed by atoms with Crippen LogP contribution in [-0.2, 0) is 14.3 Å². The molecule has 0 amide bonds. The highest BCUT2D eigenvalue weighted by Crippen LogP contribution is 2.22. The van der Waals surface area contributed by atoms with Crippen molar-refractivity contribution in [2.24, 2.45) is 11.8 Å². The molecule has 0 aromatic carbocycles. The molecule has 0 aromatic rings. The van der Waals surface area contributed by atoms with Gasteiger partial charge in [0.15, 0.2) is 0 Å². The summed E-state index contributed by atoms with van der Waals surface area (Å²) in [5.41, 5.74) is 0. The minimum atomic E-state index is -0.394. The van der Waals surface area contributed by atoms with Crippen LogP contribution >= 0.6 is 0 Å². The van der Waals surface area contributed by atoms with Crippen molar-refractivity contribution in [1.29, 1.82) is 0 Å². The normalized spacial score (nSPS) is 28.3. The standard InChI is InChI=1S/C12H14O3/c13-11(9-5-1-2-6-9)15-12(14)10-7-3-4-8-10/h1,3,5,7,9-10H,2,4,6,8H2. The van der Waals surface area contributed by atoms with E-state index in [-0.39, 0.29) is 11.8 Å². The lowest BCUT2D eigenvalue weighted by Crippen LogP contribution is -2.22. The van der Waals surface area contributed by atoms with E-state index in [2.05, 4.69) is 0 Å². The van der Waals surface area contributed by atoms with Gasteiger partial charge in [-0.2, -0.15) is 0 Å². The second-order valence-electron chi connectivity index (χ2n) is 3.96. The van der Waals surface area contributed by atoms with E-state index in [1.165, 1.54) is 0 Å². The van der Waals surface area contributed by atoms with Gasteiger partial charge < -0.3 is 4.74 Å². The summed E-state index contributed by atoms with van der Waals surface area (Å²) in [5, 5.41) is 0. The van der Waals surface area contributed by atoms with Crippen LogP contribution in [0.25, 0.3) is 0 Å². The average molecular weight is 206 g/mol. The van der Waals surface area contributed by atoms with Crippen molar-refractivity contribution in [2.75, 3.05) is 0 Å². The van der Waals surface area contributed by atoms with Gasteiger partial charge in [-0.15, -0.1) is 0 Å². The van der Waals surface area contributed by atoms with Crippen molar-refractivity contribution in [3.05, 3.63) is 24.3 Å². The fourth-order valence-electron chi connectivity index (χ4n) is 1.91. The lowest BCUT2D eigenvalue weighted by atomic mass is 10.1. The number of allylic oxidation sites excluding steroid dienone is 2. The maximum absolute atomic E-state index is 11.5. The van der Waals surface area contributed by atoms with Crippen molar-refractivity contribution in [1.82, 2.24) is 0 Å². The fraction of sp³-hybridized carbons (Fsp3) is 0.500. The summed E-state index contributed by atoms with van der Waals surface area (Å²) in [5.74, 6) is -1.21. The van der Waals surface area contributed by atoms with E-state index in [1.807, 2.05) is 24.3 Å². The van der Waals surface area contributed by atoms with Crippen molar-refractivity contribution in [3.63, 3.8) is 0 Å². The van der Waals surface area contributed by atoms with Crippen LogP contribution in [0.5, 0.6) is 0 Å². The van der Waals surface area contributed by atoms with Crippen LogP contribution < -0.4 is 0 Å². The smallest absolute Gasteiger partial charge is 0.320 e. The fourth-order valence-corrected chi connectivity index (χ4v) is 1.91. The molecule has 2 aliphatic rings. The molecule has 0 aliphatic heterocycles. The SMILES string of the molecule is O=C(OC(=O)C1C=CCC1)C1C=CCC1. The number of esters is 2. The summed E-state index contributed by atoms with van der Waals surface area (Å²) in [6.07, 6.45) is 10.9. The molecule has 0 bridgehead atoms. The van der Waals surface area contributed by atoms with E-state index < -0.39 is 11.9 Å². The molecule has 0 fully saturated rings. The minimum absolute atomic E-state index is 0.209. The predicted molar refractivity (Wildman–Crippen MR) is 54.8 cm³/mol. The highest BCUT2D eigenvalue weighted by atomic mass is 16.6. The number of hydrogen-bond donors (Lipinski definition) is 0. The largest absolute Gasteiger partial charge is 0.392 e. The van der Waals surface area contributed by atoms with Crippen LogP contribution in [0.15, 0.2) is 24.3 Å². The first-order valence-electron chi connectivity index (χ1n) is 5.36. The van der Waals surface area contributed by atoms with E-state index in [0.29, 0.717) is 0 Å². The predicted octanol–water partition coefficient (Wildman–Crippen LogP) is 1.99. The molecule has 0 aromatic heterocycles. The van der Waals surface area contributed by atoms with E-state index >= 15 is 0 Å². The highest BCUT2D eigenvalue weighted by Gasteiger charge is 2.26. The van der Waals surface area contributed by atoms with Crippen LogP contribution in [0.1, 0.15) is 25.7 Å². The van der Waals surface area contributed by atoms with Crippen molar-refractivity contribution < 1.29 is 14.3 Å². The lowest BCUT2D eigenvalue weighted by molar-refractivity contribution is -0.163. The third-order valence-corrected chi connectivity index (χ3v) is 2.83. The molecular formula is C12H14O3. The second-order valence-corrected chi connectivity index (χ2v) is 3.96. The molecule has 0 saturated heterocycles. The first-order valence-corrected chi connectivity index (χ1v) is 5.36. The number of hydrogen-bond acceptors (Lipinski definition) is 3. The quantitative estimate of drug-likeness (QED) is 0.394. The Morgan fingerprint density at radius 3 is 1.73 bits per heavy atom. The molecule has 2 aliphatic carbocycles. The zero-order valence-electron chi connectivity index (χ0n) is 8.52.